The number of nitrogens with zero attached hydrogens (tertiary/aromatic N) is 1. The normalized spacial score (nSPS) is 14.0. The van der Waals surface area contributed by atoms with Crippen LogP contribution in [0.4, 0.5) is 8.78 Å². The zero-order valence-electron chi connectivity index (χ0n) is 30.7. The van der Waals surface area contributed by atoms with Crippen molar-refractivity contribution in [2.24, 2.45) is 0 Å². The first kappa shape index (κ1) is 39.5. The highest BCUT2D eigenvalue weighted by Gasteiger charge is 2.37. The maximum Gasteiger partial charge on any atom is 0.257 e. The molecule has 7 nitrogen and oxygen atoms in total. The second-order valence-corrected chi connectivity index (χ2v) is 14.3. The average Bonchev–Trinajstić information content (AvgIpc) is 3.46. The lowest BCUT2D eigenvalue weighted by atomic mass is 9.81. The van der Waals surface area contributed by atoms with Crippen molar-refractivity contribution in [3.05, 3.63) is 89.3 Å². The molecule has 2 aromatic carbocycles. The van der Waals surface area contributed by atoms with Crippen LogP contribution in [0.15, 0.2) is 60.8 Å². The Hall–Kier alpha value is -4.27. The monoisotopic (exact) mass is 702 g/mol. The summed E-state index contributed by atoms with van der Waals surface area (Å²) in [4.78, 5) is 44.5. The maximum absolute atomic E-state index is 14.1. The van der Waals surface area contributed by atoms with Gasteiger partial charge in [-0.15, -0.1) is 0 Å². The average molecular weight is 703 g/mol. The number of fused-ring (bicyclic) bond motifs is 3. The molecule has 0 atom stereocenters. The van der Waals surface area contributed by atoms with E-state index in [2.05, 4.69) is 34.7 Å². The van der Waals surface area contributed by atoms with E-state index >= 15 is 0 Å². The Balaban J connectivity index is 1.24. The lowest BCUT2D eigenvalue weighted by Gasteiger charge is -2.29. The summed E-state index contributed by atoms with van der Waals surface area (Å²) in [6.45, 7) is 6.88. The summed E-state index contributed by atoms with van der Waals surface area (Å²) < 4.78 is 27.7. The van der Waals surface area contributed by atoms with Crippen molar-refractivity contribution < 1.29 is 23.2 Å². The molecule has 0 spiro atoms. The lowest BCUT2D eigenvalue weighted by molar-refractivity contribution is -0.121. The Morgan fingerprint density at radius 3 is 2.18 bits per heavy atom. The minimum absolute atomic E-state index is 0.0231. The molecule has 3 amide bonds. The van der Waals surface area contributed by atoms with Gasteiger partial charge in [-0.2, -0.15) is 0 Å². The molecule has 1 aromatic heterocycles. The van der Waals surface area contributed by atoms with Gasteiger partial charge in [0.2, 0.25) is 5.91 Å². The molecule has 0 radical (unpaired) electrons. The summed E-state index contributed by atoms with van der Waals surface area (Å²) in [7, 11) is 0. The second-order valence-electron chi connectivity index (χ2n) is 14.3. The van der Waals surface area contributed by atoms with Gasteiger partial charge in [-0.25, -0.2) is 8.78 Å². The minimum Gasteiger partial charge on any atom is -0.354 e. The number of benzene rings is 2. The molecule has 4 rings (SSSR count). The predicted octanol–water partition coefficient (Wildman–Crippen LogP) is 9.49. The third-order valence-electron chi connectivity index (χ3n) is 9.57. The van der Waals surface area contributed by atoms with E-state index in [0.29, 0.717) is 12.1 Å². The number of nitrogens with one attached hydrogen (secondary N) is 3. The number of carbonyl (C=O) groups is 3. The summed E-state index contributed by atoms with van der Waals surface area (Å²) in [6.07, 6.45) is 22.2. The van der Waals surface area contributed by atoms with Crippen molar-refractivity contribution >= 4 is 34.2 Å². The molecule has 0 unspecified atom stereocenters. The van der Waals surface area contributed by atoms with Crippen LogP contribution in [-0.4, -0.2) is 47.2 Å². The number of rotatable bonds is 20. The number of hydrogen-bond acceptors (Lipinski definition) is 3. The zero-order valence-corrected chi connectivity index (χ0v) is 30.7. The quantitative estimate of drug-likeness (QED) is 0.0809. The fraction of sp³-hybridized carbons (Fsp3) is 0.500. The number of aromatic nitrogens is 1. The van der Waals surface area contributed by atoms with Gasteiger partial charge in [-0.3, -0.25) is 14.4 Å². The molecule has 3 N–H and O–H groups in total. The van der Waals surface area contributed by atoms with E-state index < -0.39 is 28.9 Å². The van der Waals surface area contributed by atoms with Crippen LogP contribution < -0.4 is 10.6 Å². The Morgan fingerprint density at radius 1 is 0.824 bits per heavy atom. The van der Waals surface area contributed by atoms with Crippen molar-refractivity contribution in [2.75, 3.05) is 19.6 Å². The third-order valence-corrected chi connectivity index (χ3v) is 9.57. The van der Waals surface area contributed by atoms with Crippen molar-refractivity contribution in [1.29, 1.82) is 0 Å². The molecule has 0 saturated carbocycles. The van der Waals surface area contributed by atoms with Gasteiger partial charge in [-0.05, 0) is 61.9 Å². The van der Waals surface area contributed by atoms with Crippen LogP contribution in [0.2, 0.25) is 0 Å². The van der Waals surface area contributed by atoms with Crippen LogP contribution in [0, 0.1) is 11.6 Å². The lowest BCUT2D eigenvalue weighted by Crippen LogP contribution is -2.37. The van der Waals surface area contributed by atoms with Gasteiger partial charge in [0.15, 0.2) is 11.6 Å². The second kappa shape index (κ2) is 19.9. The highest BCUT2D eigenvalue weighted by molar-refractivity contribution is 6.21. The van der Waals surface area contributed by atoms with Crippen LogP contribution >= 0.6 is 0 Å². The van der Waals surface area contributed by atoms with E-state index in [1.54, 1.807) is 0 Å². The highest BCUT2D eigenvalue weighted by Crippen LogP contribution is 2.40. The van der Waals surface area contributed by atoms with Gasteiger partial charge in [0.25, 0.3) is 11.8 Å². The largest absolute Gasteiger partial charge is 0.354 e. The number of carbonyl (C=O) groups excluding carboxylic acids is 3. The third kappa shape index (κ3) is 11.6. The van der Waals surface area contributed by atoms with Gasteiger partial charge in [-0.1, -0.05) is 102 Å². The molecule has 1 aliphatic heterocycles. The predicted molar refractivity (Wildman–Crippen MR) is 202 cm³/mol. The molecule has 1 aliphatic rings. The molecule has 276 valence electrons. The van der Waals surface area contributed by atoms with Gasteiger partial charge in [0, 0.05) is 54.1 Å². The topological polar surface area (TPSA) is 94.3 Å². The Morgan fingerprint density at radius 2 is 1.47 bits per heavy atom. The van der Waals surface area contributed by atoms with Gasteiger partial charge in [0.1, 0.15) is 0 Å². The van der Waals surface area contributed by atoms with Gasteiger partial charge >= 0.3 is 0 Å². The van der Waals surface area contributed by atoms with Crippen LogP contribution in [0.3, 0.4) is 0 Å². The molecule has 9 heteroatoms. The van der Waals surface area contributed by atoms with E-state index in [-0.39, 0.29) is 36.7 Å². The van der Waals surface area contributed by atoms with E-state index in [9.17, 15) is 23.2 Å². The SMILES string of the molecule is CCCCCCCC/C=C\CCCCCCCC(=O)NCCNC(=O)C1=CN(C(=O)c2ccc(F)c(F)c2)CC(C)(C)c2c1[nH]c1ccccc21. The molecule has 0 saturated heterocycles. The molecule has 0 bridgehead atoms. The van der Waals surface area contributed by atoms with Crippen molar-refractivity contribution in [3.8, 4) is 0 Å². The Bertz CT molecular complexity index is 1680. The zero-order chi connectivity index (χ0) is 36.6. The van der Waals surface area contributed by atoms with Crippen LogP contribution in [0.25, 0.3) is 16.5 Å². The summed E-state index contributed by atoms with van der Waals surface area (Å²) in [5, 5.41) is 6.72. The van der Waals surface area contributed by atoms with E-state index in [1.807, 2.05) is 38.1 Å². The molecule has 0 fully saturated rings. The molecule has 3 aromatic rings. The smallest absolute Gasteiger partial charge is 0.257 e. The van der Waals surface area contributed by atoms with Crippen molar-refractivity contribution in [2.45, 2.75) is 116 Å². The number of allylic oxidation sites excluding steroid dienone is 2. The number of para-hydroxylation sites is 1. The first-order chi connectivity index (χ1) is 24.6. The highest BCUT2D eigenvalue weighted by atomic mass is 19.2. The van der Waals surface area contributed by atoms with E-state index in [0.717, 1.165) is 54.3 Å². The standard InChI is InChI=1S/C42H56F2N4O3/c1-4-5-6-7-8-9-10-11-12-13-14-15-16-17-18-23-37(49)45-26-27-46-40(50)33-29-48(41(51)31-24-25-34(43)35(44)28-31)30-42(2,3)38-32-21-19-20-22-36(32)47-39(33)38/h11-12,19-22,24-25,28-29,47H,4-10,13-18,23,26-27,30H2,1-3H3,(H,45,49)(H,46,50)/b12-11-. The molecule has 0 aliphatic carbocycles. The Kier molecular flexibility index (Phi) is 15.5. The van der Waals surface area contributed by atoms with Crippen LogP contribution in [0.1, 0.15) is 132 Å². The number of hydrogen-bond donors (Lipinski definition) is 3. The summed E-state index contributed by atoms with van der Waals surface area (Å²) >= 11 is 0. The van der Waals surface area contributed by atoms with Gasteiger partial charge < -0.3 is 20.5 Å². The van der Waals surface area contributed by atoms with Crippen LogP contribution in [0.5, 0.6) is 0 Å². The number of halogens is 2. The first-order valence-corrected chi connectivity index (χ1v) is 18.9. The number of aromatic amines is 1. The fourth-order valence-electron chi connectivity index (χ4n) is 6.83. The van der Waals surface area contributed by atoms with Crippen molar-refractivity contribution in [3.63, 3.8) is 0 Å². The molecular formula is C42H56F2N4O3. The maximum atomic E-state index is 14.1. The van der Waals surface area contributed by atoms with Gasteiger partial charge in [0.05, 0.1) is 11.3 Å². The molecule has 51 heavy (non-hydrogen) atoms. The number of unbranched alkanes of at least 4 members (excludes halogenated alkanes) is 11. The first-order valence-electron chi connectivity index (χ1n) is 18.9. The number of amides is 3. The van der Waals surface area contributed by atoms with E-state index in [4.69, 9.17) is 0 Å². The Labute approximate surface area is 302 Å². The molecular weight excluding hydrogens is 646 g/mol. The van der Waals surface area contributed by atoms with Crippen molar-refractivity contribution in [1.82, 2.24) is 20.5 Å². The fourth-order valence-corrected chi connectivity index (χ4v) is 6.83. The summed E-state index contributed by atoms with van der Waals surface area (Å²) in [5.74, 6) is -3.18. The number of H-pyrrole nitrogens is 1. The summed E-state index contributed by atoms with van der Waals surface area (Å²) in [5.41, 5.74) is 1.94. The summed E-state index contributed by atoms with van der Waals surface area (Å²) in [6, 6.07) is 10.8. The van der Waals surface area contributed by atoms with Crippen LogP contribution in [-0.2, 0) is 15.0 Å². The minimum atomic E-state index is -1.12. The van der Waals surface area contributed by atoms with E-state index in [1.165, 1.54) is 75.0 Å². The molecule has 2 heterocycles.